The fraction of sp³-hybridized carbons (Fsp3) is 0.200. The molecule has 0 saturated carbocycles. The summed E-state index contributed by atoms with van der Waals surface area (Å²) in [7, 11) is 0. The lowest BCUT2D eigenvalue weighted by Gasteiger charge is -2.13. The van der Waals surface area contributed by atoms with E-state index in [0.29, 0.717) is 24.2 Å². The average molecular weight is 427 g/mol. The van der Waals surface area contributed by atoms with Gasteiger partial charge in [-0.1, -0.05) is 30.0 Å². The van der Waals surface area contributed by atoms with Gasteiger partial charge in [0, 0.05) is 35.3 Å². The Labute approximate surface area is 175 Å². The summed E-state index contributed by atoms with van der Waals surface area (Å²) in [4.78, 5) is 32.2. The molecule has 3 heterocycles. The highest BCUT2D eigenvalue weighted by atomic mass is 32.2. The van der Waals surface area contributed by atoms with Crippen LogP contribution < -0.4 is 15.8 Å². The van der Waals surface area contributed by atoms with Crippen LogP contribution in [0.3, 0.4) is 0 Å². The van der Waals surface area contributed by atoms with Crippen LogP contribution >= 0.6 is 23.1 Å². The molecule has 0 bridgehead atoms. The van der Waals surface area contributed by atoms with E-state index >= 15 is 0 Å². The quantitative estimate of drug-likeness (QED) is 0.587. The van der Waals surface area contributed by atoms with Gasteiger partial charge < -0.3 is 15.8 Å². The number of pyridine rings is 1. The van der Waals surface area contributed by atoms with E-state index < -0.39 is 5.91 Å². The van der Waals surface area contributed by atoms with Gasteiger partial charge in [-0.3, -0.25) is 14.6 Å². The molecule has 1 aromatic carbocycles. The van der Waals surface area contributed by atoms with E-state index in [2.05, 4.69) is 15.3 Å². The number of fused-ring (bicyclic) bond motifs is 1. The van der Waals surface area contributed by atoms with E-state index in [1.165, 1.54) is 29.3 Å². The Morgan fingerprint density at radius 3 is 3.00 bits per heavy atom. The number of carbonyl (C=O) groups excluding carboxylic acids is 2. The van der Waals surface area contributed by atoms with E-state index in [1.54, 1.807) is 17.6 Å². The minimum absolute atomic E-state index is 0.180. The van der Waals surface area contributed by atoms with Crippen LogP contribution in [0.25, 0.3) is 11.1 Å². The van der Waals surface area contributed by atoms with Crippen LogP contribution in [0.1, 0.15) is 26.4 Å². The highest BCUT2D eigenvalue weighted by Crippen LogP contribution is 2.38. The van der Waals surface area contributed by atoms with Crippen molar-refractivity contribution in [3.05, 3.63) is 58.9 Å². The van der Waals surface area contributed by atoms with E-state index in [-0.39, 0.29) is 12.0 Å². The standard InChI is InChI=1S/C20H18N4O3S2/c1-28-20-24-16(10-29-20)19(26)23-9-14-6-11-3-2-4-15(17(11)27-14)12-5-13(18(21)25)8-22-7-12/h2-5,7-8,10,14H,6,9H2,1H3,(H2,21,25)(H,23,26). The Kier molecular flexibility index (Phi) is 5.50. The summed E-state index contributed by atoms with van der Waals surface area (Å²) < 4.78 is 6.98. The summed E-state index contributed by atoms with van der Waals surface area (Å²) >= 11 is 2.96. The van der Waals surface area contributed by atoms with Gasteiger partial charge in [-0.25, -0.2) is 4.98 Å². The number of nitrogens with two attached hydrogens (primary N) is 1. The molecule has 2 aromatic heterocycles. The zero-order valence-electron chi connectivity index (χ0n) is 15.5. The van der Waals surface area contributed by atoms with Crippen molar-refractivity contribution in [1.82, 2.24) is 15.3 Å². The number of thiazole rings is 1. The first-order chi connectivity index (χ1) is 14.0. The first kappa shape index (κ1) is 19.4. The number of nitrogens with one attached hydrogen (secondary N) is 1. The predicted molar refractivity (Wildman–Crippen MR) is 113 cm³/mol. The molecule has 2 amide bonds. The largest absolute Gasteiger partial charge is 0.487 e. The van der Waals surface area contributed by atoms with Gasteiger partial charge in [-0.05, 0) is 17.9 Å². The lowest BCUT2D eigenvalue weighted by Crippen LogP contribution is -2.34. The van der Waals surface area contributed by atoms with Crippen LogP contribution in [0.2, 0.25) is 0 Å². The zero-order valence-corrected chi connectivity index (χ0v) is 17.2. The fourth-order valence-corrected chi connectivity index (χ4v) is 4.40. The van der Waals surface area contributed by atoms with Gasteiger partial charge in [0.15, 0.2) is 0 Å². The predicted octanol–water partition coefficient (Wildman–Crippen LogP) is 2.76. The number of rotatable bonds is 6. The Hall–Kier alpha value is -2.91. The molecule has 0 aliphatic carbocycles. The van der Waals surface area contributed by atoms with Crippen LogP contribution in [0.15, 0.2) is 46.4 Å². The second kappa shape index (κ2) is 8.22. The number of ether oxygens (including phenoxy) is 1. The monoisotopic (exact) mass is 426 g/mol. The molecule has 3 N–H and O–H groups in total. The molecule has 1 unspecified atom stereocenters. The smallest absolute Gasteiger partial charge is 0.270 e. The molecule has 0 spiro atoms. The van der Waals surface area contributed by atoms with E-state index in [9.17, 15) is 9.59 Å². The summed E-state index contributed by atoms with van der Waals surface area (Å²) in [5.41, 5.74) is 8.78. The number of thioether (sulfide) groups is 1. The van der Waals surface area contributed by atoms with Gasteiger partial charge in [-0.15, -0.1) is 11.3 Å². The number of nitrogens with zero attached hydrogens (tertiary/aromatic N) is 2. The summed E-state index contributed by atoms with van der Waals surface area (Å²) in [5, 5.41) is 4.65. The van der Waals surface area contributed by atoms with Gasteiger partial charge in [0.25, 0.3) is 5.91 Å². The molecule has 1 aliphatic heterocycles. The Bertz CT molecular complexity index is 1080. The van der Waals surface area contributed by atoms with E-state index in [0.717, 1.165) is 26.8 Å². The summed E-state index contributed by atoms with van der Waals surface area (Å²) in [6.07, 6.45) is 5.54. The Morgan fingerprint density at radius 1 is 1.38 bits per heavy atom. The maximum absolute atomic E-state index is 12.3. The van der Waals surface area contributed by atoms with Gasteiger partial charge >= 0.3 is 0 Å². The van der Waals surface area contributed by atoms with E-state index in [1.807, 2.05) is 24.5 Å². The number of carbonyl (C=O) groups is 2. The molecule has 0 saturated heterocycles. The lowest BCUT2D eigenvalue weighted by atomic mass is 10.0. The van der Waals surface area contributed by atoms with Crippen molar-refractivity contribution in [2.75, 3.05) is 12.8 Å². The third kappa shape index (κ3) is 4.10. The maximum Gasteiger partial charge on any atom is 0.270 e. The number of benzene rings is 1. The molecule has 4 rings (SSSR count). The van der Waals surface area contributed by atoms with Crippen LogP contribution in [0, 0.1) is 0 Å². The summed E-state index contributed by atoms with van der Waals surface area (Å²) in [6, 6.07) is 7.56. The van der Waals surface area contributed by atoms with Crippen molar-refractivity contribution < 1.29 is 14.3 Å². The SMILES string of the molecule is CSc1nc(C(=O)NCC2Cc3cccc(-c4cncc(C(N)=O)c4)c3O2)cs1. The molecule has 29 heavy (non-hydrogen) atoms. The second-order valence-corrected chi connectivity index (χ2v) is 8.39. The van der Waals surface area contributed by atoms with Crippen molar-refractivity contribution in [2.45, 2.75) is 16.9 Å². The first-order valence-corrected chi connectivity index (χ1v) is 11.0. The molecular weight excluding hydrogens is 408 g/mol. The number of amides is 2. The molecule has 0 radical (unpaired) electrons. The number of hydrogen-bond donors (Lipinski definition) is 2. The van der Waals surface area contributed by atoms with Crippen molar-refractivity contribution in [3.8, 4) is 16.9 Å². The van der Waals surface area contributed by atoms with Crippen LogP contribution in [0.5, 0.6) is 5.75 Å². The molecule has 7 nitrogen and oxygen atoms in total. The average Bonchev–Trinajstić information content (AvgIpc) is 3.38. The summed E-state index contributed by atoms with van der Waals surface area (Å²) in [5.74, 6) is 0.00768. The van der Waals surface area contributed by atoms with Crippen LogP contribution in [-0.2, 0) is 6.42 Å². The van der Waals surface area contributed by atoms with Crippen molar-refractivity contribution in [3.63, 3.8) is 0 Å². The molecule has 9 heteroatoms. The molecule has 3 aromatic rings. The third-order valence-electron chi connectivity index (χ3n) is 4.54. The molecule has 1 aliphatic rings. The number of hydrogen-bond acceptors (Lipinski definition) is 7. The van der Waals surface area contributed by atoms with Crippen molar-refractivity contribution in [2.24, 2.45) is 5.73 Å². The second-order valence-electron chi connectivity index (χ2n) is 6.48. The normalized spacial score (nSPS) is 14.9. The lowest BCUT2D eigenvalue weighted by molar-refractivity contribution is 0.0928. The number of aromatic nitrogens is 2. The minimum atomic E-state index is -0.528. The zero-order chi connectivity index (χ0) is 20.4. The highest BCUT2D eigenvalue weighted by molar-refractivity contribution is 8.00. The maximum atomic E-state index is 12.3. The van der Waals surface area contributed by atoms with Gasteiger partial charge in [0.05, 0.1) is 12.1 Å². The van der Waals surface area contributed by atoms with Crippen LogP contribution in [-0.4, -0.2) is 40.7 Å². The third-order valence-corrected chi connectivity index (χ3v) is 6.41. The van der Waals surface area contributed by atoms with Gasteiger partial charge in [-0.2, -0.15) is 0 Å². The minimum Gasteiger partial charge on any atom is -0.487 e. The van der Waals surface area contributed by atoms with E-state index in [4.69, 9.17) is 10.5 Å². The topological polar surface area (TPSA) is 107 Å². The molecular formula is C20H18N4O3S2. The Morgan fingerprint density at radius 2 is 2.24 bits per heavy atom. The van der Waals surface area contributed by atoms with Crippen LogP contribution in [0.4, 0.5) is 0 Å². The Balaban J connectivity index is 1.47. The molecule has 0 fully saturated rings. The van der Waals surface area contributed by atoms with Crippen molar-refractivity contribution in [1.29, 1.82) is 0 Å². The van der Waals surface area contributed by atoms with Crippen molar-refractivity contribution >= 4 is 34.9 Å². The fourth-order valence-electron chi connectivity index (χ4n) is 3.15. The molecule has 148 valence electrons. The van der Waals surface area contributed by atoms with Gasteiger partial charge in [0.2, 0.25) is 5.91 Å². The number of para-hydroxylation sites is 1. The molecule has 1 atom stereocenters. The number of primary amides is 1. The first-order valence-electron chi connectivity index (χ1n) is 8.86. The van der Waals surface area contributed by atoms with Gasteiger partial charge in [0.1, 0.15) is 21.9 Å². The highest BCUT2D eigenvalue weighted by Gasteiger charge is 2.26. The summed E-state index contributed by atoms with van der Waals surface area (Å²) in [6.45, 7) is 0.374.